The van der Waals surface area contributed by atoms with Crippen molar-refractivity contribution in [2.24, 2.45) is 10.9 Å². The second kappa shape index (κ2) is 11.7. The third-order valence-corrected chi connectivity index (χ3v) is 5.96. The van der Waals surface area contributed by atoms with Crippen molar-refractivity contribution in [2.45, 2.75) is 25.9 Å². The van der Waals surface area contributed by atoms with Crippen LogP contribution in [0.1, 0.15) is 23.3 Å². The second-order valence-electron chi connectivity index (χ2n) is 7.21. The van der Waals surface area contributed by atoms with Crippen LogP contribution in [-0.4, -0.2) is 49.5 Å². The number of aliphatic imine (C=N–C) groups is 1. The SMILES string of the molecule is CN=C(NCC1CCN(Cc2cccs2)CC1)N(C)Cc1cccc(F)c1.I. The highest BCUT2D eigenvalue weighted by Gasteiger charge is 2.20. The number of likely N-dealkylation sites (tertiary alicyclic amines) is 1. The number of nitrogens with one attached hydrogen (secondary N) is 1. The Labute approximate surface area is 188 Å². The molecule has 1 saturated heterocycles. The smallest absolute Gasteiger partial charge is 0.193 e. The summed E-state index contributed by atoms with van der Waals surface area (Å²) in [4.78, 5) is 10.4. The third kappa shape index (κ3) is 7.00. The highest BCUT2D eigenvalue weighted by Crippen LogP contribution is 2.20. The van der Waals surface area contributed by atoms with Crippen LogP contribution in [-0.2, 0) is 13.1 Å². The van der Waals surface area contributed by atoms with Crippen LogP contribution in [0, 0.1) is 11.7 Å². The Kier molecular flexibility index (Phi) is 9.67. The lowest BCUT2D eigenvalue weighted by atomic mass is 9.97. The van der Waals surface area contributed by atoms with Crippen molar-refractivity contribution >= 4 is 41.3 Å². The molecule has 1 aliphatic rings. The predicted octanol–water partition coefficient (Wildman–Crippen LogP) is 4.42. The first-order chi connectivity index (χ1) is 13.1. The first kappa shape index (κ1) is 23.1. The monoisotopic (exact) mass is 516 g/mol. The lowest BCUT2D eigenvalue weighted by molar-refractivity contribution is 0.179. The molecule has 1 fully saturated rings. The average Bonchev–Trinajstić information content (AvgIpc) is 3.16. The van der Waals surface area contributed by atoms with E-state index >= 15 is 0 Å². The minimum absolute atomic E-state index is 0. The molecule has 0 amide bonds. The lowest BCUT2D eigenvalue weighted by Gasteiger charge is -2.32. The summed E-state index contributed by atoms with van der Waals surface area (Å²) in [6.45, 7) is 4.96. The molecule has 1 aromatic carbocycles. The van der Waals surface area contributed by atoms with Gasteiger partial charge in [-0.05, 0) is 61.0 Å². The summed E-state index contributed by atoms with van der Waals surface area (Å²) in [5.74, 6) is 1.34. The number of halogens is 2. The maximum absolute atomic E-state index is 13.4. The third-order valence-electron chi connectivity index (χ3n) is 5.10. The van der Waals surface area contributed by atoms with Gasteiger partial charge in [0, 0.05) is 38.6 Å². The highest BCUT2D eigenvalue weighted by atomic mass is 127. The molecule has 0 bridgehead atoms. The molecule has 7 heteroatoms. The molecule has 28 heavy (non-hydrogen) atoms. The van der Waals surface area contributed by atoms with Gasteiger partial charge in [-0.15, -0.1) is 35.3 Å². The first-order valence-electron chi connectivity index (χ1n) is 9.55. The van der Waals surface area contributed by atoms with Crippen molar-refractivity contribution in [1.82, 2.24) is 15.1 Å². The van der Waals surface area contributed by atoms with Crippen LogP contribution < -0.4 is 5.32 Å². The van der Waals surface area contributed by atoms with Crippen molar-refractivity contribution in [3.63, 3.8) is 0 Å². The Morgan fingerprint density at radius 1 is 1.29 bits per heavy atom. The van der Waals surface area contributed by atoms with Gasteiger partial charge < -0.3 is 10.2 Å². The predicted molar refractivity (Wildman–Crippen MR) is 127 cm³/mol. The number of thiophene rings is 1. The minimum atomic E-state index is -0.196. The average molecular weight is 516 g/mol. The molecular weight excluding hydrogens is 486 g/mol. The molecule has 0 saturated carbocycles. The maximum Gasteiger partial charge on any atom is 0.193 e. The zero-order valence-corrected chi connectivity index (χ0v) is 19.8. The van der Waals surface area contributed by atoms with Gasteiger partial charge in [-0.3, -0.25) is 9.89 Å². The summed E-state index contributed by atoms with van der Waals surface area (Å²) in [5, 5.41) is 5.65. The summed E-state index contributed by atoms with van der Waals surface area (Å²) in [7, 11) is 3.79. The maximum atomic E-state index is 13.4. The lowest BCUT2D eigenvalue weighted by Crippen LogP contribution is -2.43. The first-order valence-corrected chi connectivity index (χ1v) is 10.4. The van der Waals surface area contributed by atoms with Crippen molar-refractivity contribution < 1.29 is 4.39 Å². The molecule has 0 atom stereocenters. The fraction of sp³-hybridized carbons (Fsp3) is 0.476. The molecule has 0 radical (unpaired) electrons. The van der Waals surface area contributed by atoms with E-state index in [0.717, 1.165) is 37.7 Å². The molecular formula is C21H30FIN4S. The van der Waals surface area contributed by atoms with E-state index in [0.29, 0.717) is 12.5 Å². The molecule has 2 heterocycles. The van der Waals surface area contributed by atoms with Gasteiger partial charge in [0.15, 0.2) is 5.96 Å². The van der Waals surface area contributed by atoms with Crippen LogP contribution in [0.15, 0.2) is 46.8 Å². The molecule has 154 valence electrons. The number of guanidine groups is 1. The molecule has 1 aliphatic heterocycles. The Morgan fingerprint density at radius 3 is 2.71 bits per heavy atom. The van der Waals surface area contributed by atoms with Crippen LogP contribution in [0.25, 0.3) is 0 Å². The normalized spacial score (nSPS) is 15.9. The molecule has 3 rings (SSSR count). The summed E-state index contributed by atoms with van der Waals surface area (Å²) in [6, 6.07) is 11.1. The van der Waals surface area contributed by atoms with Crippen LogP contribution in [0.5, 0.6) is 0 Å². The highest BCUT2D eigenvalue weighted by molar-refractivity contribution is 14.0. The van der Waals surface area contributed by atoms with Gasteiger partial charge in [0.1, 0.15) is 5.82 Å². The summed E-state index contributed by atoms with van der Waals surface area (Å²) < 4.78 is 13.4. The number of hydrogen-bond acceptors (Lipinski definition) is 3. The van der Waals surface area contributed by atoms with E-state index in [1.165, 1.54) is 23.8 Å². The van der Waals surface area contributed by atoms with Crippen LogP contribution >= 0.6 is 35.3 Å². The Balaban J connectivity index is 0.00000280. The van der Waals surface area contributed by atoms with Crippen molar-refractivity contribution in [1.29, 1.82) is 0 Å². The summed E-state index contributed by atoms with van der Waals surface area (Å²) >= 11 is 1.84. The molecule has 2 aromatic rings. The fourth-order valence-corrected chi connectivity index (χ4v) is 4.32. The van der Waals surface area contributed by atoms with Gasteiger partial charge >= 0.3 is 0 Å². The number of rotatable bonds is 6. The molecule has 1 N–H and O–H groups in total. The van der Waals surface area contributed by atoms with Gasteiger partial charge in [-0.25, -0.2) is 4.39 Å². The molecule has 4 nitrogen and oxygen atoms in total. The van der Waals surface area contributed by atoms with E-state index in [2.05, 4.69) is 32.7 Å². The minimum Gasteiger partial charge on any atom is -0.356 e. The van der Waals surface area contributed by atoms with Crippen LogP contribution in [0.4, 0.5) is 4.39 Å². The van der Waals surface area contributed by atoms with Gasteiger partial charge in [0.25, 0.3) is 0 Å². The number of nitrogens with zero attached hydrogens (tertiary/aromatic N) is 3. The van der Waals surface area contributed by atoms with E-state index in [9.17, 15) is 4.39 Å². The van der Waals surface area contributed by atoms with E-state index in [-0.39, 0.29) is 29.8 Å². The second-order valence-corrected chi connectivity index (χ2v) is 8.25. The van der Waals surface area contributed by atoms with Gasteiger partial charge in [0.2, 0.25) is 0 Å². The molecule has 0 spiro atoms. The quantitative estimate of drug-likeness (QED) is 0.350. The van der Waals surface area contributed by atoms with Gasteiger partial charge in [0.05, 0.1) is 0 Å². The molecule has 0 aliphatic carbocycles. The number of piperidine rings is 1. The van der Waals surface area contributed by atoms with E-state index in [1.54, 1.807) is 19.2 Å². The Hall–Kier alpha value is -1.19. The van der Waals surface area contributed by atoms with E-state index < -0.39 is 0 Å². The van der Waals surface area contributed by atoms with E-state index in [4.69, 9.17) is 0 Å². The summed E-state index contributed by atoms with van der Waals surface area (Å²) in [5.41, 5.74) is 0.947. The van der Waals surface area contributed by atoms with Gasteiger partial charge in [-0.1, -0.05) is 18.2 Å². The largest absolute Gasteiger partial charge is 0.356 e. The Bertz CT molecular complexity index is 730. The van der Waals surface area contributed by atoms with E-state index in [1.807, 2.05) is 29.4 Å². The van der Waals surface area contributed by atoms with Crippen LogP contribution in [0.3, 0.4) is 0 Å². The molecule has 0 unspecified atom stereocenters. The van der Waals surface area contributed by atoms with Crippen LogP contribution in [0.2, 0.25) is 0 Å². The number of benzene rings is 1. The fourth-order valence-electron chi connectivity index (χ4n) is 3.58. The van der Waals surface area contributed by atoms with Crippen molar-refractivity contribution in [3.8, 4) is 0 Å². The molecule has 1 aromatic heterocycles. The Morgan fingerprint density at radius 2 is 2.07 bits per heavy atom. The number of hydrogen-bond donors (Lipinski definition) is 1. The zero-order chi connectivity index (χ0) is 19.1. The van der Waals surface area contributed by atoms with Crippen molar-refractivity contribution in [3.05, 3.63) is 58.0 Å². The summed E-state index contributed by atoms with van der Waals surface area (Å²) in [6.07, 6.45) is 2.42. The topological polar surface area (TPSA) is 30.9 Å². The standard InChI is InChI=1S/C21H29FN4S.HI/c1-23-21(25(2)15-18-5-3-6-19(22)13-18)24-14-17-8-10-26(11-9-17)16-20-7-4-12-27-20;/h3-7,12-13,17H,8-11,14-16H2,1-2H3,(H,23,24);1H. The van der Waals surface area contributed by atoms with Gasteiger partial charge in [-0.2, -0.15) is 0 Å². The van der Waals surface area contributed by atoms with Crippen molar-refractivity contribution in [2.75, 3.05) is 33.7 Å². The zero-order valence-electron chi connectivity index (χ0n) is 16.6.